The summed E-state index contributed by atoms with van der Waals surface area (Å²) in [6, 6.07) is 17.8. The number of imidazole rings is 1. The summed E-state index contributed by atoms with van der Waals surface area (Å²) in [4.78, 5) is 11.4. The minimum Gasteiger partial charge on any atom is -0.469 e. The number of carbonyl (C=O) groups excluding carboxylic acids is 1. The Labute approximate surface area is 163 Å². The second-order valence-electron chi connectivity index (χ2n) is 6.14. The molecule has 0 aliphatic heterocycles. The van der Waals surface area contributed by atoms with Crippen molar-refractivity contribution in [2.45, 2.75) is 13.0 Å². The summed E-state index contributed by atoms with van der Waals surface area (Å²) in [5.74, 6) is -0.255. The number of carbonyl (C=O) groups is 1. The summed E-state index contributed by atoms with van der Waals surface area (Å²) in [7, 11) is 3.30. The van der Waals surface area contributed by atoms with Crippen LogP contribution in [0.4, 0.5) is 0 Å². The number of rotatable bonds is 5. The average Bonchev–Trinajstić information content (AvgIpc) is 3.00. The molecule has 1 aromatic heterocycles. The predicted molar refractivity (Wildman–Crippen MR) is 106 cm³/mol. The van der Waals surface area contributed by atoms with E-state index in [1.807, 2.05) is 70.9 Å². The molecule has 0 amide bonds. The summed E-state index contributed by atoms with van der Waals surface area (Å²) in [5.41, 5.74) is 4.81. The van der Waals surface area contributed by atoms with Gasteiger partial charge in [0.15, 0.2) is 4.77 Å². The molecule has 5 nitrogen and oxygen atoms in total. The Morgan fingerprint density at radius 3 is 2.19 bits per heavy atom. The van der Waals surface area contributed by atoms with Gasteiger partial charge < -0.3 is 13.9 Å². The number of nitriles is 1. The van der Waals surface area contributed by atoms with Crippen LogP contribution < -0.4 is 0 Å². The SMILES string of the molecule is COC(=O)CCn1cc(-c2ccc(-c3ccc(C#N)cc3)cc2)n(C)c1=S. The van der Waals surface area contributed by atoms with Crippen LogP contribution in [-0.2, 0) is 23.1 Å². The van der Waals surface area contributed by atoms with Crippen LogP contribution in [0.3, 0.4) is 0 Å². The van der Waals surface area contributed by atoms with Crippen molar-refractivity contribution >= 4 is 18.2 Å². The molecular weight excluding hydrogens is 358 g/mol. The van der Waals surface area contributed by atoms with Gasteiger partial charge in [-0.1, -0.05) is 36.4 Å². The Hall–Kier alpha value is -3.17. The molecule has 3 aromatic rings. The second-order valence-corrected chi connectivity index (χ2v) is 6.51. The Morgan fingerprint density at radius 1 is 1.07 bits per heavy atom. The number of esters is 1. The maximum atomic E-state index is 11.4. The number of hydrogen-bond donors (Lipinski definition) is 0. The van der Waals surface area contributed by atoms with Gasteiger partial charge in [0, 0.05) is 19.8 Å². The lowest BCUT2D eigenvalue weighted by molar-refractivity contribution is -0.140. The second kappa shape index (κ2) is 8.02. The van der Waals surface area contributed by atoms with E-state index in [0.717, 1.165) is 22.4 Å². The van der Waals surface area contributed by atoms with E-state index >= 15 is 0 Å². The van der Waals surface area contributed by atoms with Gasteiger partial charge in [-0.2, -0.15) is 5.26 Å². The normalized spacial score (nSPS) is 10.4. The highest BCUT2D eigenvalue weighted by Gasteiger charge is 2.10. The van der Waals surface area contributed by atoms with E-state index in [2.05, 4.69) is 6.07 Å². The number of aryl methyl sites for hydroxylation is 1. The standard InChI is InChI=1S/C21H19N3O2S/c1-23-19(14-24(21(23)27)12-11-20(25)26-2)18-9-7-17(8-10-18)16-5-3-15(13-22)4-6-16/h3-10,14H,11-12H2,1-2H3. The zero-order valence-corrected chi connectivity index (χ0v) is 16.0. The molecule has 6 heteroatoms. The fraction of sp³-hybridized carbons (Fsp3) is 0.190. The van der Waals surface area contributed by atoms with Gasteiger partial charge in [-0.05, 0) is 41.0 Å². The van der Waals surface area contributed by atoms with E-state index in [4.69, 9.17) is 22.2 Å². The zero-order chi connectivity index (χ0) is 19.4. The molecule has 0 unspecified atom stereocenters. The lowest BCUT2D eigenvalue weighted by atomic mass is 10.0. The van der Waals surface area contributed by atoms with E-state index in [-0.39, 0.29) is 12.4 Å². The van der Waals surface area contributed by atoms with E-state index in [1.54, 1.807) is 0 Å². The number of nitrogens with zero attached hydrogens (tertiary/aromatic N) is 3. The summed E-state index contributed by atoms with van der Waals surface area (Å²) in [5, 5.41) is 8.91. The van der Waals surface area contributed by atoms with Gasteiger partial charge in [0.1, 0.15) is 0 Å². The van der Waals surface area contributed by atoms with Gasteiger partial charge in [-0.3, -0.25) is 4.79 Å². The third-order valence-corrected chi connectivity index (χ3v) is 4.99. The molecule has 3 rings (SSSR count). The minimum absolute atomic E-state index is 0.255. The largest absolute Gasteiger partial charge is 0.469 e. The smallest absolute Gasteiger partial charge is 0.307 e. The first kappa shape index (κ1) is 18.6. The molecule has 27 heavy (non-hydrogen) atoms. The van der Waals surface area contributed by atoms with Crippen LogP contribution in [0.25, 0.3) is 22.4 Å². The molecule has 136 valence electrons. The van der Waals surface area contributed by atoms with Gasteiger partial charge in [0.25, 0.3) is 0 Å². The Balaban J connectivity index is 1.85. The van der Waals surface area contributed by atoms with Crippen LogP contribution in [0.5, 0.6) is 0 Å². The van der Waals surface area contributed by atoms with Crippen LogP contribution in [-0.4, -0.2) is 22.2 Å². The molecule has 0 N–H and O–H groups in total. The van der Waals surface area contributed by atoms with Crippen molar-refractivity contribution in [1.82, 2.24) is 9.13 Å². The molecule has 0 fully saturated rings. The highest BCUT2D eigenvalue weighted by atomic mass is 32.1. The fourth-order valence-electron chi connectivity index (χ4n) is 2.90. The molecule has 0 saturated carbocycles. The van der Waals surface area contributed by atoms with Crippen LogP contribution in [0, 0.1) is 16.1 Å². The summed E-state index contributed by atoms with van der Waals surface area (Å²) < 4.78 is 9.17. The summed E-state index contributed by atoms with van der Waals surface area (Å²) in [6.07, 6.45) is 2.24. The Morgan fingerprint density at radius 2 is 1.63 bits per heavy atom. The predicted octanol–water partition coefficient (Wildman–Crippen LogP) is 4.32. The monoisotopic (exact) mass is 377 g/mol. The van der Waals surface area contributed by atoms with Gasteiger partial charge in [0.2, 0.25) is 0 Å². The molecule has 0 bridgehead atoms. The van der Waals surface area contributed by atoms with Crippen molar-refractivity contribution in [3.8, 4) is 28.5 Å². The first-order valence-corrected chi connectivity index (χ1v) is 8.88. The molecule has 0 saturated heterocycles. The van der Waals surface area contributed by atoms with Crippen LogP contribution >= 0.6 is 12.2 Å². The maximum absolute atomic E-state index is 11.4. The van der Waals surface area contributed by atoms with Crippen molar-refractivity contribution < 1.29 is 9.53 Å². The topological polar surface area (TPSA) is 59.9 Å². The Kier molecular flexibility index (Phi) is 5.53. The third-order valence-electron chi connectivity index (χ3n) is 4.48. The van der Waals surface area contributed by atoms with Crippen molar-refractivity contribution in [2.24, 2.45) is 7.05 Å². The number of benzene rings is 2. The molecule has 0 radical (unpaired) electrons. The van der Waals surface area contributed by atoms with Crippen molar-refractivity contribution in [3.63, 3.8) is 0 Å². The van der Waals surface area contributed by atoms with Gasteiger partial charge in [-0.25, -0.2) is 0 Å². The summed E-state index contributed by atoms with van der Waals surface area (Å²) in [6.45, 7) is 0.489. The quantitative estimate of drug-likeness (QED) is 0.491. The maximum Gasteiger partial charge on any atom is 0.307 e. The van der Waals surface area contributed by atoms with Gasteiger partial charge >= 0.3 is 5.97 Å². The highest BCUT2D eigenvalue weighted by Crippen LogP contribution is 2.25. The lowest BCUT2D eigenvalue weighted by Crippen LogP contribution is -2.06. The van der Waals surface area contributed by atoms with Crippen molar-refractivity contribution in [1.29, 1.82) is 5.26 Å². The number of hydrogen-bond acceptors (Lipinski definition) is 4. The minimum atomic E-state index is -0.255. The third kappa shape index (κ3) is 3.99. The molecule has 2 aromatic carbocycles. The van der Waals surface area contributed by atoms with E-state index in [0.29, 0.717) is 16.9 Å². The van der Waals surface area contributed by atoms with Gasteiger partial charge in [-0.15, -0.1) is 0 Å². The first-order valence-electron chi connectivity index (χ1n) is 8.47. The van der Waals surface area contributed by atoms with Crippen molar-refractivity contribution in [2.75, 3.05) is 7.11 Å². The van der Waals surface area contributed by atoms with Crippen LogP contribution in [0.15, 0.2) is 54.7 Å². The van der Waals surface area contributed by atoms with E-state index in [1.165, 1.54) is 7.11 Å². The van der Waals surface area contributed by atoms with Crippen molar-refractivity contribution in [3.05, 3.63) is 65.1 Å². The number of methoxy groups -OCH3 is 1. The first-order chi connectivity index (χ1) is 13.0. The lowest BCUT2D eigenvalue weighted by Gasteiger charge is -2.05. The number of ether oxygens (including phenoxy) is 1. The van der Waals surface area contributed by atoms with E-state index in [9.17, 15) is 4.79 Å². The highest BCUT2D eigenvalue weighted by molar-refractivity contribution is 7.71. The van der Waals surface area contributed by atoms with Crippen LogP contribution in [0.1, 0.15) is 12.0 Å². The fourth-order valence-corrected chi connectivity index (χ4v) is 3.14. The molecular formula is C21H19N3O2S. The molecule has 1 heterocycles. The molecule has 0 spiro atoms. The zero-order valence-electron chi connectivity index (χ0n) is 15.2. The molecule has 0 atom stereocenters. The van der Waals surface area contributed by atoms with Crippen LogP contribution in [0.2, 0.25) is 0 Å². The van der Waals surface area contributed by atoms with E-state index < -0.39 is 0 Å². The molecule has 0 aliphatic carbocycles. The average molecular weight is 377 g/mol. The molecule has 0 aliphatic rings. The number of aromatic nitrogens is 2. The summed E-state index contributed by atoms with van der Waals surface area (Å²) >= 11 is 5.48. The van der Waals surface area contributed by atoms with Gasteiger partial charge in [0.05, 0.1) is 30.9 Å². The Bertz CT molecular complexity index is 1050.